The van der Waals surface area contributed by atoms with Crippen molar-refractivity contribution < 1.29 is 0 Å². The van der Waals surface area contributed by atoms with Crippen LogP contribution in [0, 0.1) is 22.7 Å². The van der Waals surface area contributed by atoms with E-state index in [1.165, 1.54) is 38.0 Å². The van der Waals surface area contributed by atoms with Crippen LogP contribution in [0.15, 0.2) is 60.7 Å². The average molecular weight is 762 g/mol. The third-order valence-corrected chi connectivity index (χ3v) is 19.9. The Morgan fingerprint density at radius 2 is 0.947 bits per heavy atom. The quantitative estimate of drug-likeness (QED) is 0.218. The maximum absolute atomic E-state index is 9.28. The first-order chi connectivity index (χ1) is 18.5. The Kier molecular flexibility index (Phi) is 10.6. The molecule has 0 radical (unpaired) electrons. The number of hydrogen-bond acceptors (Lipinski definition) is 4. The molecule has 8 heteroatoms. The van der Waals surface area contributed by atoms with Gasteiger partial charge in [-0.15, -0.1) is 0 Å². The second-order valence-electron chi connectivity index (χ2n) is 8.45. The van der Waals surface area contributed by atoms with Gasteiger partial charge in [-0.25, -0.2) is 0 Å². The summed E-state index contributed by atoms with van der Waals surface area (Å²) in [7, 11) is 0. The first kappa shape index (κ1) is 29.1. The number of nitrogens with zero attached hydrogens (tertiary/aromatic N) is 4. The molecule has 194 valence electrons. The second-order valence-corrected chi connectivity index (χ2v) is 18.9. The summed E-state index contributed by atoms with van der Waals surface area (Å²) in [6.07, 6.45) is 0. The van der Waals surface area contributed by atoms with Gasteiger partial charge in [0.25, 0.3) is 0 Å². The van der Waals surface area contributed by atoms with E-state index in [0.717, 1.165) is 26.2 Å². The topological polar surface area (TPSA) is 54.1 Å². The van der Waals surface area contributed by atoms with E-state index in [0.29, 0.717) is 37.4 Å². The number of rotatable bonds is 11. The molecule has 0 aliphatic carbocycles. The van der Waals surface area contributed by atoms with Gasteiger partial charge in [0.15, 0.2) is 0 Å². The molecule has 0 N–H and O–H groups in total. The summed E-state index contributed by atoms with van der Waals surface area (Å²) >= 11 is 1.26. The molecular weight excluding hydrogens is 732 g/mol. The molecule has 0 spiro atoms. The molecule has 0 amide bonds. The third kappa shape index (κ3) is 6.61. The predicted octanol–water partition coefficient (Wildman–Crippen LogP) is 3.84. The zero-order valence-electron chi connectivity index (χ0n) is 22.0. The van der Waals surface area contributed by atoms with Crippen LogP contribution < -0.4 is 18.7 Å². The van der Waals surface area contributed by atoms with Gasteiger partial charge in [0.2, 0.25) is 0 Å². The van der Waals surface area contributed by atoms with E-state index in [-0.39, 0.29) is 29.0 Å². The van der Waals surface area contributed by atoms with Crippen molar-refractivity contribution in [3.63, 3.8) is 0 Å². The van der Waals surface area contributed by atoms with Crippen LogP contribution in [-0.4, -0.2) is 81.4 Å². The van der Waals surface area contributed by atoms with Crippen LogP contribution in [0.1, 0.15) is 38.8 Å². The molecule has 2 aromatic heterocycles. The van der Waals surface area contributed by atoms with E-state index in [9.17, 15) is 10.5 Å². The van der Waals surface area contributed by atoms with Gasteiger partial charge in [0.05, 0.1) is 0 Å². The van der Waals surface area contributed by atoms with E-state index < -0.39 is 0 Å². The Morgan fingerprint density at radius 3 is 1.24 bits per heavy atom. The van der Waals surface area contributed by atoms with Crippen molar-refractivity contribution in [2.75, 3.05) is 36.0 Å². The Labute approximate surface area is 249 Å². The van der Waals surface area contributed by atoms with Crippen LogP contribution in [0.5, 0.6) is 0 Å². The molecule has 0 atom stereocenters. The van der Waals surface area contributed by atoms with E-state index in [1.807, 2.05) is 24.3 Å². The summed E-state index contributed by atoms with van der Waals surface area (Å²) in [6, 6.07) is 25.8. The molecule has 4 aromatic rings. The minimum absolute atomic E-state index is 0.277. The van der Waals surface area contributed by atoms with E-state index in [4.69, 9.17) is 0 Å². The van der Waals surface area contributed by atoms with E-state index >= 15 is 0 Å². The van der Waals surface area contributed by atoms with Crippen molar-refractivity contribution in [2.45, 2.75) is 27.7 Å². The summed E-state index contributed by atoms with van der Waals surface area (Å²) in [5.41, 5.74) is 3.97. The molecule has 0 aliphatic heterocycles. The van der Waals surface area contributed by atoms with Gasteiger partial charge >= 0.3 is 251 Å². The third-order valence-electron chi connectivity index (χ3n) is 6.29. The van der Waals surface area contributed by atoms with Gasteiger partial charge in [0.1, 0.15) is 0 Å². The molecule has 0 aliphatic rings. The van der Waals surface area contributed by atoms with Gasteiger partial charge in [-0.1, -0.05) is 0 Å². The number of benzene rings is 2. The minimum atomic E-state index is 0.277. The standard InChI is InChI=1S/C30H30N4Se4/c1-5-33(6-2)27-17-25(29(35-27)23-13-9-21(19-31)10-14-23)37-38-26-18-28(34(7-3)8-4)36-30(26)24-15-11-22(20-32)12-16-24/h9-18H,5-8H2,1-4H3. The summed E-state index contributed by atoms with van der Waals surface area (Å²) < 4.78 is 8.98. The van der Waals surface area contributed by atoms with Crippen molar-refractivity contribution in [1.82, 2.24) is 0 Å². The van der Waals surface area contributed by atoms with Gasteiger partial charge < -0.3 is 0 Å². The van der Waals surface area contributed by atoms with Gasteiger partial charge in [0, 0.05) is 0 Å². The SMILES string of the molecule is CCN(CC)c1cc([Se][Se]c2cc(N(CC)CC)[se]c2-c2ccc(C#N)cc2)c(-c2ccc(C#N)cc2)[se]1. The fourth-order valence-electron chi connectivity index (χ4n) is 4.11. The van der Waals surface area contributed by atoms with Crippen molar-refractivity contribution in [1.29, 1.82) is 10.5 Å². The summed E-state index contributed by atoms with van der Waals surface area (Å²) in [4.78, 5) is 5.00. The Balaban J connectivity index is 1.71. The molecule has 0 bridgehead atoms. The molecular formula is C30H30N4Se4. The van der Waals surface area contributed by atoms with Gasteiger partial charge in [-0.05, 0) is 0 Å². The number of hydrogen-bond donors (Lipinski definition) is 0. The Morgan fingerprint density at radius 1 is 0.605 bits per heavy atom. The van der Waals surface area contributed by atoms with Gasteiger partial charge in [-0.2, -0.15) is 0 Å². The van der Waals surface area contributed by atoms with E-state index in [1.54, 1.807) is 0 Å². The normalized spacial score (nSPS) is 10.7. The Hall–Kier alpha value is -1.94. The molecule has 0 unspecified atom stereocenters. The maximum atomic E-state index is 9.28. The second kappa shape index (κ2) is 13.9. The number of anilines is 2. The molecule has 0 saturated carbocycles. The summed E-state index contributed by atoms with van der Waals surface area (Å²) in [5, 5.41) is 18.6. The zero-order valence-corrected chi connectivity index (χ0v) is 28.9. The monoisotopic (exact) mass is 766 g/mol. The molecule has 0 fully saturated rings. The average Bonchev–Trinajstić information content (AvgIpc) is 3.58. The molecule has 2 aromatic carbocycles. The van der Waals surface area contributed by atoms with Crippen molar-refractivity contribution in [3.05, 3.63) is 71.8 Å². The van der Waals surface area contributed by atoms with Crippen LogP contribution in [0.4, 0.5) is 9.12 Å². The van der Waals surface area contributed by atoms with Crippen LogP contribution in [-0.2, 0) is 0 Å². The molecule has 38 heavy (non-hydrogen) atoms. The molecule has 2 heterocycles. The van der Waals surface area contributed by atoms with Crippen LogP contribution in [0.3, 0.4) is 0 Å². The first-order valence-electron chi connectivity index (χ1n) is 12.7. The van der Waals surface area contributed by atoms with Crippen molar-refractivity contribution in [2.24, 2.45) is 0 Å². The van der Waals surface area contributed by atoms with Crippen LogP contribution in [0.25, 0.3) is 20.0 Å². The van der Waals surface area contributed by atoms with Crippen LogP contribution in [0.2, 0.25) is 0 Å². The molecule has 0 saturated heterocycles. The predicted molar refractivity (Wildman–Crippen MR) is 165 cm³/mol. The van der Waals surface area contributed by atoms with E-state index in [2.05, 4.69) is 86.0 Å². The van der Waals surface area contributed by atoms with Crippen LogP contribution >= 0.6 is 0 Å². The Bertz CT molecular complexity index is 1320. The van der Waals surface area contributed by atoms with Gasteiger partial charge in [-0.3, -0.25) is 0 Å². The summed E-state index contributed by atoms with van der Waals surface area (Å²) in [6.45, 7) is 13.1. The molecule has 4 rings (SSSR count). The fraction of sp³-hybridized carbons (Fsp3) is 0.267. The van der Waals surface area contributed by atoms with Crippen molar-refractivity contribution in [3.8, 4) is 32.1 Å². The molecule has 4 nitrogen and oxygen atoms in total. The zero-order chi connectivity index (χ0) is 27.1. The first-order valence-corrected chi connectivity index (χ1v) is 22.1. The van der Waals surface area contributed by atoms with Crippen molar-refractivity contribution >= 4 is 73.3 Å². The summed E-state index contributed by atoms with van der Waals surface area (Å²) in [5.74, 6) is 0. The fourth-order valence-corrected chi connectivity index (χ4v) is 21.1. The number of nitriles is 2.